The van der Waals surface area contributed by atoms with Crippen molar-refractivity contribution >= 4 is 5.78 Å². The van der Waals surface area contributed by atoms with Gasteiger partial charge in [-0.1, -0.05) is 20.8 Å². The standard InChI is InChI=1S/C14H24N3O.HI/c1-14(2,3)13(18)12(10-15)11-16-6-8-17(4,5)9-7-16;/h11H,6-9H2,1-5H3;1H/q+1;/p-1/b12-11+;. The van der Waals surface area contributed by atoms with Crippen molar-refractivity contribution in [2.45, 2.75) is 20.8 Å². The Hall–Kier alpha value is -0.610. The van der Waals surface area contributed by atoms with Crippen LogP contribution < -0.4 is 24.0 Å². The fraction of sp³-hybridized carbons (Fsp3) is 0.714. The van der Waals surface area contributed by atoms with Crippen molar-refractivity contribution in [2.24, 2.45) is 5.41 Å². The summed E-state index contributed by atoms with van der Waals surface area (Å²) in [6.07, 6.45) is 1.74. The number of hydrogen-bond donors (Lipinski definition) is 0. The highest BCUT2D eigenvalue weighted by Gasteiger charge is 2.27. The van der Waals surface area contributed by atoms with Gasteiger partial charge in [-0.05, 0) is 0 Å². The molecule has 0 spiro atoms. The molecule has 1 aliphatic rings. The second kappa shape index (κ2) is 6.71. The molecule has 1 saturated heterocycles. The number of ketones is 1. The van der Waals surface area contributed by atoms with E-state index in [-0.39, 0.29) is 35.3 Å². The molecule has 5 heteroatoms. The molecule has 0 unspecified atom stereocenters. The van der Waals surface area contributed by atoms with E-state index in [1.807, 2.05) is 26.8 Å². The smallest absolute Gasteiger partial charge is 0.180 e. The Morgan fingerprint density at radius 3 is 2.11 bits per heavy atom. The van der Waals surface area contributed by atoms with Gasteiger partial charge in [0.1, 0.15) is 11.6 Å². The molecule has 19 heavy (non-hydrogen) atoms. The SMILES string of the molecule is CC(C)(C)C(=O)/C(C#N)=C/N1CC[N+](C)(C)CC1.[I-]. The van der Waals surface area contributed by atoms with Gasteiger partial charge in [0, 0.05) is 11.6 Å². The molecule has 0 aromatic heterocycles. The minimum absolute atomic E-state index is 0. The average Bonchev–Trinajstić information content (AvgIpc) is 2.25. The molecule has 0 amide bonds. The zero-order valence-corrected chi connectivity index (χ0v) is 14.7. The number of carbonyl (C=O) groups is 1. The van der Waals surface area contributed by atoms with Crippen LogP contribution in [-0.4, -0.2) is 55.4 Å². The van der Waals surface area contributed by atoms with Crippen molar-refractivity contribution in [1.29, 1.82) is 5.26 Å². The predicted octanol–water partition coefficient (Wildman–Crippen LogP) is -1.59. The molecule has 0 aliphatic carbocycles. The molecule has 4 nitrogen and oxygen atoms in total. The number of piperazine rings is 1. The molecular formula is C14H24IN3O. The van der Waals surface area contributed by atoms with Crippen molar-refractivity contribution < 1.29 is 33.3 Å². The molecule has 0 N–H and O–H groups in total. The molecule has 1 rings (SSSR count). The second-order valence-electron chi connectivity index (χ2n) is 6.65. The largest absolute Gasteiger partial charge is 1.00 e. The quantitative estimate of drug-likeness (QED) is 0.252. The topological polar surface area (TPSA) is 44.1 Å². The Labute approximate surface area is 133 Å². The summed E-state index contributed by atoms with van der Waals surface area (Å²) in [4.78, 5) is 14.2. The lowest BCUT2D eigenvalue weighted by atomic mass is 9.87. The maximum Gasteiger partial charge on any atom is 0.180 e. The lowest BCUT2D eigenvalue weighted by Crippen LogP contribution is -3.00. The van der Waals surface area contributed by atoms with E-state index in [1.54, 1.807) is 6.20 Å². The Morgan fingerprint density at radius 1 is 1.26 bits per heavy atom. The van der Waals surface area contributed by atoms with Gasteiger partial charge in [0.2, 0.25) is 0 Å². The van der Waals surface area contributed by atoms with E-state index in [0.717, 1.165) is 30.7 Å². The monoisotopic (exact) mass is 377 g/mol. The molecule has 0 atom stereocenters. The molecule has 0 aromatic carbocycles. The van der Waals surface area contributed by atoms with Crippen LogP contribution in [0.1, 0.15) is 20.8 Å². The van der Waals surface area contributed by atoms with Gasteiger partial charge in [0.25, 0.3) is 0 Å². The Kier molecular flexibility index (Phi) is 6.49. The molecule has 0 bridgehead atoms. The predicted molar refractivity (Wildman–Crippen MR) is 71.6 cm³/mol. The minimum Gasteiger partial charge on any atom is -1.00 e. The maximum atomic E-state index is 12.1. The summed E-state index contributed by atoms with van der Waals surface area (Å²) in [6, 6.07) is 2.04. The van der Waals surface area contributed by atoms with E-state index < -0.39 is 5.41 Å². The summed E-state index contributed by atoms with van der Waals surface area (Å²) in [6.45, 7) is 9.41. The number of quaternary nitrogens is 1. The Balaban J connectivity index is 0.00000324. The van der Waals surface area contributed by atoms with E-state index in [9.17, 15) is 4.79 Å². The summed E-state index contributed by atoms with van der Waals surface area (Å²) in [5.41, 5.74) is -0.220. The highest BCUT2D eigenvalue weighted by molar-refractivity contribution is 6.02. The van der Waals surface area contributed by atoms with Crippen molar-refractivity contribution in [3.8, 4) is 6.07 Å². The first-order valence-electron chi connectivity index (χ1n) is 6.38. The maximum absolute atomic E-state index is 12.1. The zero-order valence-electron chi connectivity index (χ0n) is 12.5. The number of Topliss-reactive ketones (excluding diaryl/α,β-unsaturated/α-hetero) is 1. The third-order valence-corrected chi connectivity index (χ3v) is 3.34. The van der Waals surface area contributed by atoms with Gasteiger partial charge >= 0.3 is 0 Å². The number of nitrogens with zero attached hydrogens (tertiary/aromatic N) is 3. The fourth-order valence-electron chi connectivity index (χ4n) is 1.88. The lowest BCUT2D eigenvalue weighted by molar-refractivity contribution is -0.894. The van der Waals surface area contributed by atoms with Crippen LogP contribution in [0.3, 0.4) is 0 Å². The first-order chi connectivity index (χ1) is 8.15. The van der Waals surface area contributed by atoms with Crippen LogP contribution in [0, 0.1) is 16.7 Å². The highest BCUT2D eigenvalue weighted by Crippen LogP contribution is 2.20. The molecule has 108 valence electrons. The van der Waals surface area contributed by atoms with Crippen LogP contribution in [0.25, 0.3) is 0 Å². The van der Waals surface area contributed by atoms with Crippen LogP contribution in [0.5, 0.6) is 0 Å². The molecule has 1 fully saturated rings. The number of carbonyl (C=O) groups excluding carboxylic acids is 1. The van der Waals surface area contributed by atoms with Gasteiger partial charge < -0.3 is 33.4 Å². The van der Waals surface area contributed by atoms with Gasteiger partial charge in [-0.3, -0.25) is 4.79 Å². The average molecular weight is 377 g/mol. The summed E-state index contributed by atoms with van der Waals surface area (Å²) >= 11 is 0. The van der Waals surface area contributed by atoms with Crippen LogP contribution in [-0.2, 0) is 4.79 Å². The molecule has 0 saturated carbocycles. The zero-order chi connectivity index (χ0) is 14.0. The van der Waals surface area contributed by atoms with Gasteiger partial charge in [-0.25, -0.2) is 0 Å². The third-order valence-electron chi connectivity index (χ3n) is 3.34. The Bertz CT molecular complexity index is 392. The lowest BCUT2D eigenvalue weighted by Gasteiger charge is -2.38. The number of likely N-dealkylation sites (N-methyl/N-ethyl adjacent to an activating group) is 1. The van der Waals surface area contributed by atoms with Crippen molar-refractivity contribution in [2.75, 3.05) is 40.3 Å². The van der Waals surface area contributed by atoms with Crippen molar-refractivity contribution in [1.82, 2.24) is 4.90 Å². The van der Waals surface area contributed by atoms with Gasteiger partial charge in [0.05, 0.1) is 40.3 Å². The first kappa shape index (κ1) is 18.4. The van der Waals surface area contributed by atoms with Crippen LogP contribution in [0.15, 0.2) is 11.8 Å². The molecule has 1 heterocycles. The van der Waals surface area contributed by atoms with Gasteiger partial charge in [-0.15, -0.1) is 0 Å². The summed E-state index contributed by atoms with van der Waals surface area (Å²) < 4.78 is 0.999. The minimum atomic E-state index is -0.493. The van der Waals surface area contributed by atoms with E-state index in [0.29, 0.717) is 0 Å². The second-order valence-corrected chi connectivity index (χ2v) is 6.65. The van der Waals surface area contributed by atoms with E-state index >= 15 is 0 Å². The molecule has 0 aromatic rings. The third kappa shape index (κ3) is 5.49. The van der Waals surface area contributed by atoms with E-state index in [4.69, 9.17) is 5.26 Å². The van der Waals surface area contributed by atoms with E-state index in [1.165, 1.54) is 0 Å². The number of hydrogen-bond acceptors (Lipinski definition) is 3. The number of rotatable bonds is 2. The fourth-order valence-corrected chi connectivity index (χ4v) is 1.88. The normalized spacial score (nSPS) is 19.4. The molecule has 1 aliphatic heterocycles. The highest BCUT2D eigenvalue weighted by atomic mass is 127. The summed E-state index contributed by atoms with van der Waals surface area (Å²) in [5, 5.41) is 9.12. The van der Waals surface area contributed by atoms with Crippen LogP contribution in [0.4, 0.5) is 0 Å². The summed E-state index contributed by atoms with van der Waals surface area (Å²) in [7, 11) is 4.40. The summed E-state index contributed by atoms with van der Waals surface area (Å²) in [5.74, 6) is -0.0793. The van der Waals surface area contributed by atoms with Crippen LogP contribution >= 0.6 is 0 Å². The van der Waals surface area contributed by atoms with Gasteiger partial charge in [-0.2, -0.15) is 5.26 Å². The van der Waals surface area contributed by atoms with E-state index in [2.05, 4.69) is 19.0 Å². The van der Waals surface area contributed by atoms with Crippen molar-refractivity contribution in [3.63, 3.8) is 0 Å². The van der Waals surface area contributed by atoms with Crippen LogP contribution in [0.2, 0.25) is 0 Å². The first-order valence-corrected chi connectivity index (χ1v) is 6.38. The molecule has 0 radical (unpaired) electrons. The van der Waals surface area contributed by atoms with Crippen molar-refractivity contribution in [3.05, 3.63) is 11.8 Å². The number of nitriles is 1. The van der Waals surface area contributed by atoms with Gasteiger partial charge in [0.15, 0.2) is 5.78 Å². The number of halogens is 1. The Morgan fingerprint density at radius 2 is 1.74 bits per heavy atom. The molecular weight excluding hydrogens is 353 g/mol. The number of allylic oxidation sites excluding steroid dienone is 1.